The first-order valence-electron chi connectivity index (χ1n) is 11.8. The Bertz CT molecular complexity index is 1220. The van der Waals surface area contributed by atoms with Gasteiger partial charge in [0, 0.05) is 44.4 Å². The summed E-state index contributed by atoms with van der Waals surface area (Å²) in [6.45, 7) is 7.94. The summed E-state index contributed by atoms with van der Waals surface area (Å²) < 4.78 is 0. The zero-order chi connectivity index (χ0) is 22.8. The molecule has 32 heavy (non-hydrogen) atoms. The van der Waals surface area contributed by atoms with Gasteiger partial charge in [-0.05, 0) is 63.7 Å². The molecule has 0 aromatic heterocycles. The van der Waals surface area contributed by atoms with Crippen molar-refractivity contribution in [2.45, 2.75) is 39.0 Å². The summed E-state index contributed by atoms with van der Waals surface area (Å²) in [4.78, 5) is 4.60. The number of nitrogens with zero attached hydrogens (tertiary/aromatic N) is 2. The summed E-state index contributed by atoms with van der Waals surface area (Å²) in [5.41, 5.74) is 5.42. The van der Waals surface area contributed by atoms with Crippen LogP contribution in [0.15, 0.2) is 72.8 Å². The van der Waals surface area contributed by atoms with Gasteiger partial charge >= 0.3 is 0 Å². The average Bonchev–Trinajstić information content (AvgIpc) is 2.80. The van der Waals surface area contributed by atoms with Crippen molar-refractivity contribution in [3.8, 4) is 0 Å². The molecule has 0 radical (unpaired) electrons. The second-order valence-electron chi connectivity index (χ2n) is 9.71. The Labute approximate surface area is 193 Å². The third-order valence-corrected chi connectivity index (χ3v) is 6.77. The minimum absolute atomic E-state index is 0.509. The largest absolute Gasteiger partial charge is 0.378 e. The third kappa shape index (κ3) is 4.60. The van der Waals surface area contributed by atoms with Gasteiger partial charge in [0.15, 0.2) is 0 Å². The first-order valence-corrected chi connectivity index (χ1v) is 11.8. The van der Waals surface area contributed by atoms with E-state index >= 15 is 0 Å². The fourth-order valence-electron chi connectivity index (χ4n) is 4.47. The molecule has 0 amide bonds. The minimum atomic E-state index is 0.509. The molecule has 166 valence electrons. The molecule has 0 aliphatic rings. The van der Waals surface area contributed by atoms with Gasteiger partial charge in [-0.1, -0.05) is 75.4 Å². The fraction of sp³-hybridized carbons (Fsp3) is 0.333. The quantitative estimate of drug-likeness (QED) is 0.298. The lowest BCUT2D eigenvalue weighted by Gasteiger charge is -2.25. The van der Waals surface area contributed by atoms with Gasteiger partial charge in [0.2, 0.25) is 0 Å². The highest BCUT2D eigenvalue weighted by molar-refractivity contribution is 5.95. The Morgan fingerprint density at radius 2 is 1.38 bits per heavy atom. The maximum atomic E-state index is 2.44. The van der Waals surface area contributed by atoms with E-state index in [9.17, 15) is 0 Å². The molecule has 1 unspecified atom stereocenters. The van der Waals surface area contributed by atoms with Gasteiger partial charge in [-0.15, -0.1) is 0 Å². The Balaban J connectivity index is 1.53. The molecule has 0 heterocycles. The number of rotatable bonds is 7. The van der Waals surface area contributed by atoms with Crippen molar-refractivity contribution < 1.29 is 0 Å². The molecule has 0 fully saturated rings. The van der Waals surface area contributed by atoms with E-state index in [1.807, 2.05) is 0 Å². The van der Waals surface area contributed by atoms with Crippen LogP contribution < -0.4 is 9.80 Å². The summed E-state index contributed by atoms with van der Waals surface area (Å²) in [6, 6.07) is 27.2. The Morgan fingerprint density at radius 3 is 2.12 bits per heavy atom. The van der Waals surface area contributed by atoms with Crippen LogP contribution in [-0.4, -0.2) is 27.7 Å². The van der Waals surface area contributed by atoms with E-state index in [4.69, 9.17) is 0 Å². The highest BCUT2D eigenvalue weighted by Crippen LogP contribution is 2.32. The van der Waals surface area contributed by atoms with Gasteiger partial charge in [0.05, 0.1) is 0 Å². The van der Waals surface area contributed by atoms with Crippen LogP contribution in [0.25, 0.3) is 21.5 Å². The van der Waals surface area contributed by atoms with Gasteiger partial charge in [0.1, 0.15) is 0 Å². The molecule has 0 saturated carbocycles. The van der Waals surface area contributed by atoms with Crippen LogP contribution >= 0.6 is 0 Å². The number of benzene rings is 4. The van der Waals surface area contributed by atoms with Crippen molar-refractivity contribution in [1.29, 1.82) is 0 Å². The summed E-state index contributed by atoms with van der Waals surface area (Å²) in [5, 5.41) is 5.31. The van der Waals surface area contributed by atoms with Gasteiger partial charge < -0.3 is 9.80 Å². The first-order chi connectivity index (χ1) is 15.3. The van der Waals surface area contributed by atoms with Crippen LogP contribution in [-0.2, 0) is 0 Å². The summed E-state index contributed by atoms with van der Waals surface area (Å²) >= 11 is 0. The van der Waals surface area contributed by atoms with Gasteiger partial charge in [-0.25, -0.2) is 0 Å². The van der Waals surface area contributed by atoms with Gasteiger partial charge in [-0.3, -0.25) is 0 Å². The molecule has 0 aliphatic heterocycles. The van der Waals surface area contributed by atoms with Crippen molar-refractivity contribution in [1.82, 2.24) is 0 Å². The molecule has 0 saturated heterocycles. The Kier molecular flexibility index (Phi) is 6.41. The Morgan fingerprint density at radius 1 is 0.688 bits per heavy atom. The van der Waals surface area contributed by atoms with Gasteiger partial charge in [-0.2, -0.15) is 0 Å². The van der Waals surface area contributed by atoms with Crippen molar-refractivity contribution in [3.05, 3.63) is 83.9 Å². The lowest BCUT2D eigenvalue weighted by Crippen LogP contribution is -2.20. The normalized spacial score (nSPS) is 12.5. The lowest BCUT2D eigenvalue weighted by atomic mass is 9.94. The second kappa shape index (κ2) is 9.24. The molecular formula is C30H36N2. The van der Waals surface area contributed by atoms with Crippen LogP contribution in [0.4, 0.5) is 11.4 Å². The van der Waals surface area contributed by atoms with E-state index in [0.29, 0.717) is 11.8 Å². The Hall–Kier alpha value is -3.00. The number of hydrogen-bond donors (Lipinski definition) is 0. The summed E-state index contributed by atoms with van der Waals surface area (Å²) in [5.74, 6) is 1.03. The molecule has 1 atom stereocenters. The first kappa shape index (κ1) is 22.2. The average molecular weight is 425 g/mol. The predicted octanol–water partition coefficient (Wildman–Crippen LogP) is 7.81. The van der Waals surface area contributed by atoms with E-state index in [0.717, 1.165) is 13.0 Å². The standard InChI is InChI=1S/C30H36N2/c1-21(2)27-18-26-9-7-8-10-29(26)30(20-27)32(6)16-15-22(3)23-11-12-25-19-28(31(4)5)14-13-24(25)17-23/h7-14,17-22H,15-16H2,1-6H3. The number of anilines is 2. The fourth-order valence-corrected chi connectivity index (χ4v) is 4.47. The van der Waals surface area contributed by atoms with Crippen LogP contribution in [0, 0.1) is 0 Å². The molecule has 0 aliphatic carbocycles. The number of fused-ring (bicyclic) bond motifs is 2. The molecule has 4 aromatic carbocycles. The molecular weight excluding hydrogens is 388 g/mol. The van der Waals surface area contributed by atoms with E-state index in [2.05, 4.69) is 125 Å². The van der Waals surface area contributed by atoms with Crippen LogP contribution in [0.2, 0.25) is 0 Å². The van der Waals surface area contributed by atoms with Crippen LogP contribution in [0.1, 0.15) is 50.2 Å². The second-order valence-corrected chi connectivity index (χ2v) is 9.71. The highest BCUT2D eigenvalue weighted by atomic mass is 15.1. The molecule has 4 aromatic rings. The van der Waals surface area contributed by atoms with Crippen LogP contribution in [0.5, 0.6) is 0 Å². The van der Waals surface area contributed by atoms with E-state index in [1.165, 1.54) is 44.0 Å². The van der Waals surface area contributed by atoms with Gasteiger partial charge in [0.25, 0.3) is 0 Å². The molecule has 4 rings (SSSR count). The predicted molar refractivity (Wildman–Crippen MR) is 143 cm³/mol. The third-order valence-electron chi connectivity index (χ3n) is 6.77. The maximum absolute atomic E-state index is 2.44. The van der Waals surface area contributed by atoms with E-state index in [1.54, 1.807) is 0 Å². The topological polar surface area (TPSA) is 6.48 Å². The molecule has 2 heteroatoms. The zero-order valence-corrected chi connectivity index (χ0v) is 20.4. The van der Waals surface area contributed by atoms with Crippen molar-refractivity contribution in [2.75, 3.05) is 37.5 Å². The molecule has 0 N–H and O–H groups in total. The van der Waals surface area contributed by atoms with Crippen molar-refractivity contribution in [2.24, 2.45) is 0 Å². The molecule has 2 nitrogen and oxygen atoms in total. The maximum Gasteiger partial charge on any atom is 0.0446 e. The van der Waals surface area contributed by atoms with E-state index in [-0.39, 0.29) is 0 Å². The van der Waals surface area contributed by atoms with Crippen molar-refractivity contribution >= 4 is 32.9 Å². The highest BCUT2D eigenvalue weighted by Gasteiger charge is 2.13. The SMILES string of the molecule is CC(C)c1cc(N(C)CCC(C)c2ccc3cc(N(C)C)ccc3c2)c2ccccc2c1. The zero-order valence-electron chi connectivity index (χ0n) is 20.4. The number of hydrogen-bond acceptors (Lipinski definition) is 2. The smallest absolute Gasteiger partial charge is 0.0446 e. The summed E-state index contributed by atoms with van der Waals surface area (Å²) in [6.07, 6.45) is 1.12. The summed E-state index contributed by atoms with van der Waals surface area (Å²) in [7, 11) is 6.42. The monoisotopic (exact) mass is 424 g/mol. The lowest BCUT2D eigenvalue weighted by molar-refractivity contribution is 0.672. The van der Waals surface area contributed by atoms with E-state index < -0.39 is 0 Å². The van der Waals surface area contributed by atoms with Crippen LogP contribution in [0.3, 0.4) is 0 Å². The molecule has 0 bridgehead atoms. The van der Waals surface area contributed by atoms with Crippen molar-refractivity contribution in [3.63, 3.8) is 0 Å². The molecule has 0 spiro atoms. The minimum Gasteiger partial charge on any atom is -0.378 e.